The normalized spacial score (nSPS) is 12.2. The second kappa shape index (κ2) is 6.38. The van der Waals surface area contributed by atoms with E-state index in [1.54, 1.807) is 14.2 Å². The Hall–Kier alpha value is -1.22. The number of aryl methyl sites for hydroxylation is 1. The molecule has 0 amide bonds. The lowest BCUT2D eigenvalue weighted by Crippen LogP contribution is -2.06. The largest absolute Gasteiger partial charge is 0.497 e. The second-order valence-corrected chi connectivity index (χ2v) is 3.78. The Morgan fingerprint density at radius 3 is 2.56 bits per heavy atom. The molecule has 1 unspecified atom stereocenters. The summed E-state index contributed by atoms with van der Waals surface area (Å²) < 4.78 is 10.4. The zero-order valence-corrected chi connectivity index (χ0v) is 10.2. The Bertz CT molecular complexity index is 323. The molecule has 0 saturated carbocycles. The zero-order valence-electron chi connectivity index (χ0n) is 10.2. The van der Waals surface area contributed by atoms with Crippen LogP contribution >= 0.6 is 0 Å². The van der Waals surface area contributed by atoms with Gasteiger partial charge in [-0.25, -0.2) is 0 Å². The Kier molecular flexibility index (Phi) is 5.12. The number of methoxy groups -OCH3 is 2. The highest BCUT2D eigenvalue weighted by Crippen LogP contribution is 2.25. The topological polar surface area (TPSA) is 38.7 Å². The van der Waals surface area contributed by atoms with E-state index in [0.29, 0.717) is 0 Å². The fourth-order valence-electron chi connectivity index (χ4n) is 1.58. The van der Waals surface area contributed by atoms with Gasteiger partial charge in [-0.15, -0.1) is 0 Å². The second-order valence-electron chi connectivity index (χ2n) is 3.78. The van der Waals surface area contributed by atoms with Gasteiger partial charge in [-0.2, -0.15) is 0 Å². The summed E-state index contributed by atoms with van der Waals surface area (Å²) in [5.41, 5.74) is 1.11. The van der Waals surface area contributed by atoms with Crippen molar-refractivity contribution in [1.82, 2.24) is 0 Å². The fraction of sp³-hybridized carbons (Fsp3) is 0.538. The van der Waals surface area contributed by atoms with E-state index in [2.05, 4.69) is 0 Å². The van der Waals surface area contributed by atoms with Gasteiger partial charge >= 0.3 is 0 Å². The fourth-order valence-corrected chi connectivity index (χ4v) is 1.58. The highest BCUT2D eigenvalue weighted by molar-refractivity contribution is 5.40. The molecule has 0 aliphatic rings. The van der Waals surface area contributed by atoms with Crippen molar-refractivity contribution >= 4 is 0 Å². The highest BCUT2D eigenvalue weighted by atomic mass is 16.5. The molecule has 3 nitrogen and oxygen atoms in total. The average molecular weight is 224 g/mol. The molecule has 1 rings (SSSR count). The first-order valence-electron chi connectivity index (χ1n) is 5.60. The van der Waals surface area contributed by atoms with E-state index in [-0.39, 0.29) is 6.10 Å². The molecule has 1 aromatic carbocycles. The molecule has 0 aliphatic heterocycles. The van der Waals surface area contributed by atoms with Gasteiger partial charge in [0.2, 0.25) is 0 Å². The molecule has 1 N–H and O–H groups in total. The average Bonchev–Trinajstić information content (AvgIpc) is 2.35. The third-order valence-electron chi connectivity index (χ3n) is 2.71. The molecule has 90 valence electrons. The van der Waals surface area contributed by atoms with Crippen LogP contribution < -0.4 is 9.47 Å². The van der Waals surface area contributed by atoms with E-state index < -0.39 is 0 Å². The summed E-state index contributed by atoms with van der Waals surface area (Å²) in [7, 11) is 3.28. The van der Waals surface area contributed by atoms with Crippen LogP contribution in [0.25, 0.3) is 0 Å². The summed E-state index contributed by atoms with van der Waals surface area (Å²) in [6.45, 7) is 1.98. The molecule has 1 atom stereocenters. The van der Waals surface area contributed by atoms with E-state index in [1.807, 2.05) is 25.1 Å². The van der Waals surface area contributed by atoms with Gasteiger partial charge in [0.25, 0.3) is 0 Å². The predicted molar refractivity (Wildman–Crippen MR) is 64.2 cm³/mol. The summed E-state index contributed by atoms with van der Waals surface area (Å²) in [5, 5.41) is 9.52. The first-order valence-corrected chi connectivity index (χ1v) is 5.60. The summed E-state index contributed by atoms with van der Waals surface area (Å²) in [6, 6.07) is 5.77. The van der Waals surface area contributed by atoms with Crippen LogP contribution in [-0.4, -0.2) is 25.4 Å². The summed E-state index contributed by atoms with van der Waals surface area (Å²) in [4.78, 5) is 0. The quantitative estimate of drug-likeness (QED) is 0.806. The maximum atomic E-state index is 9.52. The molecule has 0 bridgehead atoms. The minimum absolute atomic E-state index is 0.230. The summed E-state index contributed by atoms with van der Waals surface area (Å²) in [5.74, 6) is 1.61. The minimum atomic E-state index is -0.230. The van der Waals surface area contributed by atoms with Crippen LogP contribution in [0.15, 0.2) is 18.2 Å². The molecule has 0 saturated heterocycles. The lowest BCUT2D eigenvalue weighted by atomic mass is 10.0. The number of rotatable bonds is 6. The van der Waals surface area contributed by atoms with Gasteiger partial charge in [-0.3, -0.25) is 0 Å². The Balaban J connectivity index is 2.71. The minimum Gasteiger partial charge on any atom is -0.497 e. The third-order valence-corrected chi connectivity index (χ3v) is 2.71. The number of aliphatic hydroxyl groups excluding tert-OH is 1. The van der Waals surface area contributed by atoms with Crippen LogP contribution in [0.3, 0.4) is 0 Å². The standard InChI is InChI=1S/C13H20O3/c1-4-11(14)7-5-10-6-8-12(15-2)9-13(10)16-3/h6,8-9,11,14H,4-5,7H2,1-3H3. The van der Waals surface area contributed by atoms with Crippen molar-refractivity contribution in [2.24, 2.45) is 0 Å². The molecule has 0 aromatic heterocycles. The van der Waals surface area contributed by atoms with Crippen LogP contribution in [-0.2, 0) is 6.42 Å². The smallest absolute Gasteiger partial charge is 0.125 e. The van der Waals surface area contributed by atoms with Crippen molar-refractivity contribution < 1.29 is 14.6 Å². The van der Waals surface area contributed by atoms with Gasteiger partial charge in [0.1, 0.15) is 11.5 Å². The van der Waals surface area contributed by atoms with Gasteiger partial charge in [0, 0.05) is 6.07 Å². The van der Waals surface area contributed by atoms with Gasteiger partial charge < -0.3 is 14.6 Å². The Labute approximate surface area is 97.0 Å². The number of aliphatic hydroxyl groups is 1. The van der Waals surface area contributed by atoms with Crippen molar-refractivity contribution in [3.8, 4) is 11.5 Å². The Morgan fingerprint density at radius 2 is 2.00 bits per heavy atom. The van der Waals surface area contributed by atoms with Crippen molar-refractivity contribution in [1.29, 1.82) is 0 Å². The lowest BCUT2D eigenvalue weighted by Gasteiger charge is -2.12. The first kappa shape index (κ1) is 12.8. The maximum Gasteiger partial charge on any atom is 0.125 e. The van der Waals surface area contributed by atoms with E-state index >= 15 is 0 Å². The number of ether oxygens (including phenoxy) is 2. The van der Waals surface area contributed by atoms with Crippen LogP contribution in [0.4, 0.5) is 0 Å². The summed E-state index contributed by atoms with van der Waals surface area (Å²) in [6.07, 6.45) is 2.15. The molecule has 0 heterocycles. The van der Waals surface area contributed by atoms with Crippen LogP contribution in [0.1, 0.15) is 25.3 Å². The molecule has 3 heteroatoms. The van der Waals surface area contributed by atoms with Crippen molar-refractivity contribution in [3.63, 3.8) is 0 Å². The molecule has 0 spiro atoms. The molecule has 0 aliphatic carbocycles. The molecular formula is C13H20O3. The lowest BCUT2D eigenvalue weighted by molar-refractivity contribution is 0.160. The van der Waals surface area contributed by atoms with E-state index in [0.717, 1.165) is 36.3 Å². The number of benzene rings is 1. The van der Waals surface area contributed by atoms with Gasteiger partial charge in [-0.05, 0) is 30.9 Å². The molecule has 1 aromatic rings. The SMILES string of the molecule is CCC(O)CCc1ccc(OC)cc1OC. The van der Waals surface area contributed by atoms with Crippen LogP contribution in [0.5, 0.6) is 11.5 Å². The van der Waals surface area contributed by atoms with Gasteiger partial charge in [0.05, 0.1) is 20.3 Å². The third kappa shape index (κ3) is 3.42. The van der Waals surface area contributed by atoms with Gasteiger partial charge in [0.15, 0.2) is 0 Å². The Morgan fingerprint density at radius 1 is 1.25 bits per heavy atom. The van der Waals surface area contributed by atoms with E-state index in [4.69, 9.17) is 9.47 Å². The molecule has 0 radical (unpaired) electrons. The van der Waals surface area contributed by atoms with Crippen molar-refractivity contribution in [2.45, 2.75) is 32.3 Å². The van der Waals surface area contributed by atoms with Crippen molar-refractivity contribution in [3.05, 3.63) is 23.8 Å². The van der Waals surface area contributed by atoms with Gasteiger partial charge in [-0.1, -0.05) is 13.0 Å². The monoisotopic (exact) mass is 224 g/mol. The molecular weight excluding hydrogens is 204 g/mol. The predicted octanol–water partition coefficient (Wildman–Crippen LogP) is 2.41. The van der Waals surface area contributed by atoms with E-state index in [1.165, 1.54) is 0 Å². The molecule has 16 heavy (non-hydrogen) atoms. The molecule has 0 fully saturated rings. The van der Waals surface area contributed by atoms with E-state index in [9.17, 15) is 5.11 Å². The summed E-state index contributed by atoms with van der Waals surface area (Å²) >= 11 is 0. The van der Waals surface area contributed by atoms with Crippen molar-refractivity contribution in [2.75, 3.05) is 14.2 Å². The number of hydrogen-bond donors (Lipinski definition) is 1. The first-order chi connectivity index (χ1) is 7.71. The highest BCUT2D eigenvalue weighted by Gasteiger charge is 2.07. The number of hydrogen-bond acceptors (Lipinski definition) is 3. The van der Waals surface area contributed by atoms with Crippen LogP contribution in [0.2, 0.25) is 0 Å². The maximum absolute atomic E-state index is 9.52. The van der Waals surface area contributed by atoms with Crippen LogP contribution in [0, 0.1) is 0 Å². The zero-order chi connectivity index (χ0) is 12.0.